The van der Waals surface area contributed by atoms with Crippen molar-refractivity contribution in [3.8, 4) is 0 Å². The Labute approximate surface area is 106 Å². The van der Waals surface area contributed by atoms with E-state index < -0.39 is 10.1 Å². The highest BCUT2D eigenvalue weighted by Crippen LogP contribution is 1.99. The molecule has 0 saturated carbocycles. The van der Waals surface area contributed by atoms with Crippen LogP contribution in [0.25, 0.3) is 0 Å². The predicted octanol–water partition coefficient (Wildman–Crippen LogP) is -0.243. The minimum Gasteiger partial charge on any atom is -0.870 e. The minimum absolute atomic E-state index is 0. The van der Waals surface area contributed by atoms with Crippen LogP contribution in [-0.4, -0.2) is 49.2 Å². The quantitative estimate of drug-likeness (QED) is 0.605. The van der Waals surface area contributed by atoms with Crippen LogP contribution in [0.15, 0.2) is 24.5 Å². The molecule has 1 aromatic heterocycles. The molecule has 102 valence electrons. The maximum Gasteiger partial charge on any atom is 0.497 e. The molecule has 1 rings (SSSR count). The van der Waals surface area contributed by atoms with Gasteiger partial charge in [-0.15, -0.1) is 0 Å². The Balaban J connectivity index is 0.00000289. The number of rotatable bonds is 3. The molecule has 0 unspecified atom stereocenters. The summed E-state index contributed by atoms with van der Waals surface area (Å²) >= 11 is 0. The molecule has 2 N–H and O–H groups in total. The Hall–Kier alpha value is -1.51. The summed E-state index contributed by atoms with van der Waals surface area (Å²) in [6.07, 6.45) is 3.33. The fraction of sp³-hybridized carbons (Fsp3) is 0.400. The van der Waals surface area contributed by atoms with Crippen LogP contribution in [0, 0.1) is 0 Å². The Morgan fingerprint density at radius 3 is 2.22 bits per heavy atom. The van der Waals surface area contributed by atoms with Crippen molar-refractivity contribution in [2.45, 2.75) is 6.42 Å². The van der Waals surface area contributed by atoms with Crippen LogP contribution in [-0.2, 0) is 16.5 Å². The number of carbonyl (C=O) groups is 1. The van der Waals surface area contributed by atoms with E-state index in [2.05, 4.69) is 0 Å². The lowest BCUT2D eigenvalue weighted by Crippen LogP contribution is -2.49. The van der Waals surface area contributed by atoms with Crippen molar-refractivity contribution in [3.05, 3.63) is 30.1 Å². The Morgan fingerprint density at radius 1 is 1.33 bits per heavy atom. The van der Waals surface area contributed by atoms with Crippen LogP contribution in [0.4, 0.5) is 4.79 Å². The molecule has 0 aliphatic carbocycles. The van der Waals surface area contributed by atoms with Crippen LogP contribution in [0.3, 0.4) is 0 Å². The van der Waals surface area contributed by atoms with Crippen LogP contribution < -0.4 is 4.57 Å². The molecule has 1 heterocycles. The zero-order valence-corrected chi connectivity index (χ0v) is 11.0. The van der Waals surface area contributed by atoms with Crippen molar-refractivity contribution < 1.29 is 27.8 Å². The van der Waals surface area contributed by atoms with Crippen molar-refractivity contribution in [2.24, 2.45) is 0 Å². The second-order valence-corrected chi connectivity index (χ2v) is 5.40. The second-order valence-electron chi connectivity index (χ2n) is 3.83. The van der Waals surface area contributed by atoms with Gasteiger partial charge in [0.1, 0.15) is 0 Å². The number of nitrogens with zero attached hydrogens (tertiary/aromatic N) is 2. The first-order valence-corrected chi connectivity index (χ1v) is 6.57. The molecule has 18 heavy (non-hydrogen) atoms. The van der Waals surface area contributed by atoms with E-state index in [1.807, 2.05) is 0 Å². The first kappa shape index (κ1) is 16.5. The van der Waals surface area contributed by atoms with Crippen LogP contribution >= 0.6 is 0 Å². The SMILES string of the molecule is CN(C)C(=O)[n+]1ccc(CCS(=O)(=O)O)cc1.[OH-]. The first-order valence-electron chi connectivity index (χ1n) is 4.96. The van der Waals surface area contributed by atoms with Gasteiger partial charge in [-0.05, 0) is 24.1 Å². The highest BCUT2D eigenvalue weighted by atomic mass is 32.2. The fourth-order valence-corrected chi connectivity index (χ4v) is 1.72. The van der Waals surface area contributed by atoms with Gasteiger partial charge < -0.3 is 5.48 Å². The van der Waals surface area contributed by atoms with E-state index >= 15 is 0 Å². The van der Waals surface area contributed by atoms with Crippen LogP contribution in [0.2, 0.25) is 0 Å². The van der Waals surface area contributed by atoms with Crippen molar-refractivity contribution in [2.75, 3.05) is 19.8 Å². The number of aryl methyl sites for hydroxylation is 1. The maximum atomic E-state index is 11.5. The summed E-state index contributed by atoms with van der Waals surface area (Å²) in [6.45, 7) is 0. The highest BCUT2D eigenvalue weighted by Gasteiger charge is 2.15. The maximum absolute atomic E-state index is 11.5. The first-order chi connectivity index (χ1) is 7.79. The average Bonchev–Trinajstić information content (AvgIpc) is 2.25. The number of carbonyl (C=O) groups excluding carboxylic acids is 1. The smallest absolute Gasteiger partial charge is 0.497 e. The van der Waals surface area contributed by atoms with E-state index in [1.165, 1.54) is 9.47 Å². The molecule has 0 fully saturated rings. The average molecular weight is 276 g/mol. The van der Waals surface area contributed by atoms with Gasteiger partial charge in [-0.25, -0.2) is 4.90 Å². The van der Waals surface area contributed by atoms with Gasteiger partial charge >= 0.3 is 6.03 Å². The molecule has 7 nitrogen and oxygen atoms in total. The van der Waals surface area contributed by atoms with Gasteiger partial charge in [0.05, 0.1) is 32.2 Å². The third-order valence-corrected chi connectivity index (χ3v) is 2.87. The summed E-state index contributed by atoms with van der Waals surface area (Å²) in [4.78, 5) is 13.0. The monoisotopic (exact) mass is 276 g/mol. The van der Waals surface area contributed by atoms with Gasteiger partial charge in [-0.3, -0.25) is 4.55 Å². The molecule has 1 amide bonds. The fourth-order valence-electron chi connectivity index (χ4n) is 1.23. The Kier molecular flexibility index (Phi) is 5.89. The zero-order chi connectivity index (χ0) is 13.1. The summed E-state index contributed by atoms with van der Waals surface area (Å²) in [5.74, 6) is -0.321. The molecule has 1 aromatic rings. The molecular formula is C10H16N2O5S. The van der Waals surface area contributed by atoms with Crippen LogP contribution in [0.1, 0.15) is 5.56 Å². The van der Waals surface area contributed by atoms with E-state index in [0.29, 0.717) is 0 Å². The Bertz CT molecular complexity index is 496. The van der Waals surface area contributed by atoms with E-state index in [1.54, 1.807) is 38.6 Å². The van der Waals surface area contributed by atoms with E-state index in [4.69, 9.17) is 4.55 Å². The molecule has 0 saturated heterocycles. The predicted molar refractivity (Wildman–Crippen MR) is 63.2 cm³/mol. The van der Waals surface area contributed by atoms with E-state index in [0.717, 1.165) is 5.56 Å². The van der Waals surface area contributed by atoms with Gasteiger partial charge in [-0.2, -0.15) is 17.8 Å². The number of amides is 1. The van der Waals surface area contributed by atoms with Crippen molar-refractivity contribution >= 4 is 16.1 Å². The molecule has 0 radical (unpaired) electrons. The molecule has 8 heteroatoms. The van der Waals surface area contributed by atoms with Crippen molar-refractivity contribution in [1.29, 1.82) is 0 Å². The standard InChI is InChI=1S/C10H14N2O4S.H2O/c1-11(2)10(13)12-6-3-9(4-7-12)5-8-17(14,15)16;/h3-4,6-7H,5,8H2,1-2H3;1H2. The second kappa shape index (κ2) is 6.43. The molecular weight excluding hydrogens is 260 g/mol. The summed E-state index contributed by atoms with van der Waals surface area (Å²) in [6, 6.07) is 3.10. The van der Waals surface area contributed by atoms with Gasteiger partial charge in [0.2, 0.25) is 0 Å². The zero-order valence-electron chi connectivity index (χ0n) is 10.1. The van der Waals surface area contributed by atoms with Crippen molar-refractivity contribution in [3.63, 3.8) is 0 Å². The summed E-state index contributed by atoms with van der Waals surface area (Å²) in [5.41, 5.74) is 0.741. The third kappa shape index (κ3) is 5.21. The number of aromatic nitrogens is 1. The molecule has 0 atom stereocenters. The largest absolute Gasteiger partial charge is 0.870 e. The lowest BCUT2D eigenvalue weighted by atomic mass is 10.2. The minimum atomic E-state index is -3.94. The lowest BCUT2D eigenvalue weighted by molar-refractivity contribution is -0.577. The third-order valence-electron chi connectivity index (χ3n) is 2.15. The van der Waals surface area contributed by atoms with Gasteiger partial charge in [0.15, 0.2) is 0 Å². The molecule has 0 aliphatic heterocycles. The Morgan fingerprint density at radius 2 is 1.83 bits per heavy atom. The van der Waals surface area contributed by atoms with Gasteiger partial charge in [0, 0.05) is 0 Å². The summed E-state index contributed by atoms with van der Waals surface area (Å²) in [7, 11) is -0.663. The number of pyridine rings is 1. The number of hydrogen-bond acceptors (Lipinski definition) is 4. The molecule has 0 spiro atoms. The lowest BCUT2D eigenvalue weighted by Gasteiger charge is -2.04. The molecule has 0 aromatic carbocycles. The normalized spacial score (nSPS) is 10.6. The summed E-state index contributed by atoms with van der Waals surface area (Å²) in [5, 5.41) is 0. The highest BCUT2D eigenvalue weighted by molar-refractivity contribution is 7.85. The summed E-state index contributed by atoms with van der Waals surface area (Å²) < 4.78 is 31.1. The van der Waals surface area contributed by atoms with E-state index in [-0.39, 0.29) is 23.7 Å². The van der Waals surface area contributed by atoms with Crippen molar-refractivity contribution in [1.82, 2.24) is 4.90 Å². The van der Waals surface area contributed by atoms with Gasteiger partial charge in [0.25, 0.3) is 10.1 Å². The van der Waals surface area contributed by atoms with E-state index in [9.17, 15) is 13.2 Å². The number of hydrogen-bond donors (Lipinski definition) is 1. The molecule has 0 aliphatic rings. The topological polar surface area (TPSA) is 109 Å². The van der Waals surface area contributed by atoms with Gasteiger partial charge in [-0.1, -0.05) is 0 Å². The molecule has 0 bridgehead atoms. The van der Waals surface area contributed by atoms with Crippen LogP contribution in [0.5, 0.6) is 0 Å².